The summed E-state index contributed by atoms with van der Waals surface area (Å²) in [4.78, 5) is 24.8. The minimum atomic E-state index is -0.493. The van der Waals surface area contributed by atoms with Crippen molar-refractivity contribution < 1.29 is 14.3 Å². The molecule has 2 aliphatic heterocycles. The lowest BCUT2D eigenvalue weighted by molar-refractivity contribution is -0.139. The van der Waals surface area contributed by atoms with E-state index in [0.29, 0.717) is 0 Å². The maximum atomic E-state index is 11.7. The van der Waals surface area contributed by atoms with Gasteiger partial charge < -0.3 is 15.0 Å². The quantitative estimate of drug-likeness (QED) is 0.618. The number of esters is 1. The average molecular weight is 210 g/mol. The van der Waals surface area contributed by atoms with Crippen LogP contribution in [0.25, 0.3) is 0 Å². The highest BCUT2D eigenvalue weighted by Gasteiger charge is 2.33. The summed E-state index contributed by atoms with van der Waals surface area (Å²) >= 11 is 0. The van der Waals surface area contributed by atoms with Gasteiger partial charge in [-0.2, -0.15) is 0 Å². The summed E-state index contributed by atoms with van der Waals surface area (Å²) in [6.45, 7) is 0.832. The van der Waals surface area contributed by atoms with E-state index in [2.05, 4.69) is 10.1 Å². The van der Waals surface area contributed by atoms with E-state index in [1.54, 1.807) is 6.20 Å². The average Bonchev–Trinajstić information content (AvgIpc) is 2.28. The van der Waals surface area contributed by atoms with Crippen LogP contribution in [0.15, 0.2) is 11.9 Å². The van der Waals surface area contributed by atoms with Crippen LogP contribution in [0.4, 0.5) is 0 Å². The molecule has 1 fully saturated rings. The number of piperidine rings is 1. The summed E-state index contributed by atoms with van der Waals surface area (Å²) in [6, 6.07) is -0.104. The third kappa shape index (κ3) is 1.82. The zero-order valence-electron chi connectivity index (χ0n) is 8.66. The Morgan fingerprint density at radius 2 is 2.40 bits per heavy atom. The minimum Gasteiger partial charge on any atom is -0.464 e. The van der Waals surface area contributed by atoms with Crippen LogP contribution in [0.1, 0.15) is 19.3 Å². The van der Waals surface area contributed by atoms with Crippen LogP contribution in [0.5, 0.6) is 0 Å². The molecule has 1 N–H and O–H groups in total. The largest absolute Gasteiger partial charge is 0.464 e. The first-order valence-electron chi connectivity index (χ1n) is 5.09. The molecule has 0 bridgehead atoms. The molecule has 5 nitrogen and oxygen atoms in total. The number of nitrogens with one attached hydrogen (secondary N) is 1. The van der Waals surface area contributed by atoms with E-state index >= 15 is 0 Å². The summed E-state index contributed by atoms with van der Waals surface area (Å²) < 4.78 is 4.57. The number of carbonyl (C=O) groups excluding carboxylic acids is 2. The number of hydrogen-bond acceptors (Lipinski definition) is 4. The van der Waals surface area contributed by atoms with Crippen molar-refractivity contribution in [2.75, 3.05) is 13.7 Å². The molecule has 0 saturated carbocycles. The molecule has 15 heavy (non-hydrogen) atoms. The summed E-state index contributed by atoms with van der Waals surface area (Å²) in [6.07, 6.45) is 4.68. The first kappa shape index (κ1) is 10.0. The first-order chi connectivity index (χ1) is 7.22. The molecular weight excluding hydrogens is 196 g/mol. The van der Waals surface area contributed by atoms with Crippen molar-refractivity contribution in [3.05, 3.63) is 11.9 Å². The minimum absolute atomic E-state index is 0.0994. The second kappa shape index (κ2) is 3.92. The Hall–Kier alpha value is -1.52. The molecule has 0 radical (unpaired) electrons. The zero-order chi connectivity index (χ0) is 10.8. The van der Waals surface area contributed by atoms with Gasteiger partial charge in [-0.05, 0) is 19.3 Å². The third-order valence-electron chi connectivity index (χ3n) is 2.80. The Morgan fingerprint density at radius 3 is 3.13 bits per heavy atom. The number of ether oxygens (including phenoxy) is 1. The fraction of sp³-hybridized carbons (Fsp3) is 0.600. The smallest absolute Gasteiger partial charge is 0.356 e. The van der Waals surface area contributed by atoms with Crippen LogP contribution in [-0.2, 0) is 14.3 Å². The molecule has 5 heteroatoms. The van der Waals surface area contributed by atoms with Gasteiger partial charge in [-0.1, -0.05) is 0 Å². The molecule has 0 aromatic carbocycles. The van der Waals surface area contributed by atoms with Crippen molar-refractivity contribution in [1.29, 1.82) is 0 Å². The molecule has 0 aliphatic carbocycles. The maximum Gasteiger partial charge on any atom is 0.356 e. The number of rotatable bonds is 1. The van der Waals surface area contributed by atoms with E-state index in [9.17, 15) is 9.59 Å². The summed E-state index contributed by atoms with van der Waals surface area (Å²) in [5, 5.41) is 2.57. The molecule has 0 aromatic heterocycles. The highest BCUT2D eigenvalue weighted by molar-refractivity contribution is 5.96. The molecule has 1 atom stereocenters. The fourth-order valence-electron chi connectivity index (χ4n) is 2.02. The number of methoxy groups -OCH3 is 1. The summed E-state index contributed by atoms with van der Waals surface area (Å²) in [7, 11) is 1.30. The molecule has 82 valence electrons. The molecule has 1 saturated heterocycles. The van der Waals surface area contributed by atoms with Crippen LogP contribution in [0, 0.1) is 0 Å². The third-order valence-corrected chi connectivity index (χ3v) is 2.80. The highest BCUT2D eigenvalue weighted by atomic mass is 16.5. The van der Waals surface area contributed by atoms with Crippen LogP contribution in [-0.4, -0.2) is 36.5 Å². The van der Waals surface area contributed by atoms with Gasteiger partial charge in [0.2, 0.25) is 5.91 Å². The Labute approximate surface area is 88.1 Å². The van der Waals surface area contributed by atoms with Crippen molar-refractivity contribution >= 4 is 11.9 Å². The van der Waals surface area contributed by atoms with Crippen LogP contribution < -0.4 is 5.32 Å². The van der Waals surface area contributed by atoms with Crippen molar-refractivity contribution in [3.63, 3.8) is 0 Å². The lowest BCUT2D eigenvalue weighted by Crippen LogP contribution is -2.52. The van der Waals surface area contributed by atoms with Crippen molar-refractivity contribution in [2.45, 2.75) is 25.3 Å². The van der Waals surface area contributed by atoms with E-state index in [4.69, 9.17) is 0 Å². The lowest BCUT2D eigenvalue weighted by Gasteiger charge is -2.37. The van der Waals surface area contributed by atoms with E-state index in [1.165, 1.54) is 7.11 Å². The Morgan fingerprint density at radius 1 is 1.60 bits per heavy atom. The SMILES string of the molecule is COC(=O)C1=CN2CCCCC2C(=O)N1. The van der Waals surface area contributed by atoms with Gasteiger partial charge in [0, 0.05) is 12.7 Å². The van der Waals surface area contributed by atoms with Crippen molar-refractivity contribution in [1.82, 2.24) is 10.2 Å². The number of hydrogen-bond donors (Lipinski definition) is 1. The van der Waals surface area contributed by atoms with Gasteiger partial charge in [0.05, 0.1) is 7.11 Å². The molecule has 2 rings (SSSR count). The second-order valence-electron chi connectivity index (χ2n) is 3.77. The predicted molar refractivity (Wildman–Crippen MR) is 52.6 cm³/mol. The van der Waals surface area contributed by atoms with Crippen LogP contribution in [0.2, 0.25) is 0 Å². The van der Waals surface area contributed by atoms with Crippen LogP contribution >= 0.6 is 0 Å². The number of nitrogens with zero attached hydrogens (tertiary/aromatic N) is 1. The monoisotopic (exact) mass is 210 g/mol. The van der Waals surface area contributed by atoms with E-state index in [1.807, 2.05) is 4.90 Å². The molecule has 2 heterocycles. The first-order valence-corrected chi connectivity index (χ1v) is 5.09. The van der Waals surface area contributed by atoms with Gasteiger partial charge >= 0.3 is 5.97 Å². The second-order valence-corrected chi connectivity index (χ2v) is 3.77. The van der Waals surface area contributed by atoms with E-state index < -0.39 is 5.97 Å². The van der Waals surface area contributed by atoms with Gasteiger partial charge in [-0.3, -0.25) is 4.79 Å². The lowest BCUT2D eigenvalue weighted by atomic mass is 10.0. The molecule has 0 spiro atoms. The summed E-state index contributed by atoms with van der Waals surface area (Å²) in [5.41, 5.74) is 0.237. The highest BCUT2D eigenvalue weighted by Crippen LogP contribution is 2.21. The normalized spacial score (nSPS) is 25.1. The molecular formula is C10H14N2O3. The van der Waals surface area contributed by atoms with Crippen LogP contribution in [0.3, 0.4) is 0 Å². The predicted octanol–water partition coefficient (Wildman–Crippen LogP) is -0.0149. The summed E-state index contributed by atoms with van der Waals surface area (Å²) in [5.74, 6) is -0.593. The van der Waals surface area contributed by atoms with Gasteiger partial charge in [-0.15, -0.1) is 0 Å². The van der Waals surface area contributed by atoms with Gasteiger partial charge in [0.15, 0.2) is 0 Å². The Kier molecular flexibility index (Phi) is 2.62. The Bertz CT molecular complexity index is 325. The maximum absolute atomic E-state index is 11.7. The standard InChI is InChI=1S/C10H14N2O3/c1-15-10(14)7-6-12-5-3-2-4-8(12)9(13)11-7/h6,8H,2-5H2,1H3,(H,11,13). The van der Waals surface area contributed by atoms with Crippen molar-refractivity contribution in [3.8, 4) is 0 Å². The van der Waals surface area contributed by atoms with Gasteiger partial charge in [-0.25, -0.2) is 4.79 Å². The zero-order valence-corrected chi connectivity index (χ0v) is 8.66. The van der Waals surface area contributed by atoms with E-state index in [0.717, 1.165) is 25.8 Å². The molecule has 1 unspecified atom stereocenters. The van der Waals surface area contributed by atoms with Gasteiger partial charge in [0.1, 0.15) is 11.7 Å². The fourth-order valence-corrected chi connectivity index (χ4v) is 2.02. The molecule has 2 aliphatic rings. The van der Waals surface area contributed by atoms with E-state index in [-0.39, 0.29) is 17.6 Å². The number of fused-ring (bicyclic) bond motifs is 1. The molecule has 1 amide bonds. The topological polar surface area (TPSA) is 58.6 Å². The number of carbonyl (C=O) groups is 2. The van der Waals surface area contributed by atoms with Gasteiger partial charge in [0.25, 0.3) is 0 Å². The Balaban J connectivity index is 2.19. The number of amides is 1. The van der Waals surface area contributed by atoms with Crippen molar-refractivity contribution in [2.24, 2.45) is 0 Å². The molecule has 0 aromatic rings.